The van der Waals surface area contributed by atoms with Gasteiger partial charge in [0.25, 0.3) is 5.91 Å². The summed E-state index contributed by atoms with van der Waals surface area (Å²) in [4.78, 5) is 26.9. The van der Waals surface area contributed by atoms with Crippen LogP contribution in [-0.4, -0.2) is 52.4 Å². The van der Waals surface area contributed by atoms with Crippen LogP contribution in [0.1, 0.15) is 19.8 Å². The van der Waals surface area contributed by atoms with E-state index in [0.29, 0.717) is 6.54 Å². The maximum Gasteiger partial charge on any atom is 0.327 e. The van der Waals surface area contributed by atoms with Crippen molar-refractivity contribution in [2.45, 2.75) is 25.8 Å². The van der Waals surface area contributed by atoms with Gasteiger partial charge in [0.1, 0.15) is 6.04 Å². The van der Waals surface area contributed by atoms with Gasteiger partial charge in [-0.2, -0.15) is 11.8 Å². The molecule has 0 saturated carbocycles. The van der Waals surface area contributed by atoms with E-state index in [2.05, 4.69) is 6.92 Å². The van der Waals surface area contributed by atoms with E-state index in [-0.39, 0.29) is 18.0 Å². The Kier molecular flexibility index (Phi) is 3.19. The van der Waals surface area contributed by atoms with Gasteiger partial charge in [0, 0.05) is 24.6 Å². The molecule has 2 heterocycles. The Hall–Kier alpha value is -0.710. The zero-order chi connectivity index (χ0) is 10.8. The van der Waals surface area contributed by atoms with Crippen molar-refractivity contribution in [2.24, 2.45) is 0 Å². The molecule has 2 rings (SSSR count). The number of hydrogen-bond acceptors (Lipinski definition) is 3. The van der Waals surface area contributed by atoms with Gasteiger partial charge in [-0.3, -0.25) is 9.69 Å². The lowest BCUT2D eigenvalue weighted by molar-refractivity contribution is -0.127. The molecule has 0 N–H and O–H groups in total. The first-order valence-electron chi connectivity index (χ1n) is 5.45. The highest BCUT2D eigenvalue weighted by Crippen LogP contribution is 2.25. The van der Waals surface area contributed by atoms with Crippen molar-refractivity contribution in [3.63, 3.8) is 0 Å². The number of nitrogens with zero attached hydrogens (tertiary/aromatic N) is 2. The molecule has 5 heteroatoms. The van der Waals surface area contributed by atoms with Gasteiger partial charge in [-0.15, -0.1) is 0 Å². The molecule has 1 unspecified atom stereocenters. The number of hydrogen-bond donors (Lipinski definition) is 0. The van der Waals surface area contributed by atoms with Gasteiger partial charge in [0.2, 0.25) is 0 Å². The van der Waals surface area contributed by atoms with Gasteiger partial charge >= 0.3 is 6.03 Å². The number of thioether (sulfide) groups is 1. The first-order valence-corrected chi connectivity index (χ1v) is 6.61. The molecular weight excluding hydrogens is 212 g/mol. The van der Waals surface area contributed by atoms with Crippen LogP contribution in [0, 0.1) is 0 Å². The van der Waals surface area contributed by atoms with E-state index in [0.717, 1.165) is 30.9 Å². The van der Waals surface area contributed by atoms with Crippen molar-refractivity contribution in [1.82, 2.24) is 9.80 Å². The van der Waals surface area contributed by atoms with Crippen LogP contribution in [-0.2, 0) is 4.79 Å². The number of fused-ring (bicyclic) bond motifs is 1. The third kappa shape index (κ3) is 1.85. The van der Waals surface area contributed by atoms with Crippen molar-refractivity contribution in [1.29, 1.82) is 0 Å². The predicted octanol–water partition coefficient (Wildman–Crippen LogP) is 1.17. The van der Waals surface area contributed by atoms with E-state index in [1.807, 2.05) is 0 Å². The molecule has 0 aromatic heterocycles. The average molecular weight is 228 g/mol. The second-order valence-electron chi connectivity index (χ2n) is 3.91. The summed E-state index contributed by atoms with van der Waals surface area (Å²) < 4.78 is 0. The first-order chi connectivity index (χ1) is 7.25. The van der Waals surface area contributed by atoms with Crippen LogP contribution in [0.3, 0.4) is 0 Å². The van der Waals surface area contributed by atoms with Crippen LogP contribution in [0.5, 0.6) is 0 Å². The highest BCUT2D eigenvalue weighted by Gasteiger charge is 2.45. The summed E-state index contributed by atoms with van der Waals surface area (Å²) in [5.41, 5.74) is 0. The molecule has 2 aliphatic heterocycles. The molecule has 0 bridgehead atoms. The van der Waals surface area contributed by atoms with E-state index < -0.39 is 0 Å². The summed E-state index contributed by atoms with van der Waals surface area (Å²) in [5.74, 6) is 1.74. The normalized spacial score (nSPS) is 26.1. The van der Waals surface area contributed by atoms with Crippen molar-refractivity contribution < 1.29 is 9.59 Å². The van der Waals surface area contributed by atoms with Gasteiger partial charge < -0.3 is 4.90 Å². The lowest BCUT2D eigenvalue weighted by Crippen LogP contribution is -2.41. The fourth-order valence-electron chi connectivity index (χ4n) is 1.99. The number of carbonyl (C=O) groups is 2. The van der Waals surface area contributed by atoms with Crippen molar-refractivity contribution in [3.8, 4) is 0 Å². The lowest BCUT2D eigenvalue weighted by Gasteiger charge is -2.25. The number of carbonyl (C=O) groups excluding carboxylic acids is 2. The molecule has 0 radical (unpaired) electrons. The molecule has 3 amide bonds. The van der Waals surface area contributed by atoms with E-state index in [4.69, 9.17) is 0 Å². The molecule has 0 spiro atoms. The number of amides is 3. The molecule has 1 atom stereocenters. The zero-order valence-electron chi connectivity index (χ0n) is 8.94. The summed E-state index contributed by atoms with van der Waals surface area (Å²) in [5, 5.41) is 0. The second-order valence-corrected chi connectivity index (χ2v) is 5.06. The minimum Gasteiger partial charge on any atom is -0.311 e. The average Bonchev–Trinajstić information content (AvgIpc) is 2.51. The first kappa shape index (κ1) is 10.8. The maximum atomic E-state index is 11.9. The number of imide groups is 1. The summed E-state index contributed by atoms with van der Waals surface area (Å²) in [6, 6.07) is -0.244. The Bertz CT molecular complexity index is 259. The van der Waals surface area contributed by atoms with Gasteiger partial charge in [-0.25, -0.2) is 4.79 Å². The van der Waals surface area contributed by atoms with Crippen molar-refractivity contribution in [3.05, 3.63) is 0 Å². The summed E-state index contributed by atoms with van der Waals surface area (Å²) in [7, 11) is 0. The summed E-state index contributed by atoms with van der Waals surface area (Å²) in [6.07, 6.45) is 1.92. The van der Waals surface area contributed by atoms with Gasteiger partial charge in [-0.05, 0) is 6.42 Å². The molecule has 2 fully saturated rings. The van der Waals surface area contributed by atoms with E-state index >= 15 is 0 Å². The van der Waals surface area contributed by atoms with Crippen LogP contribution >= 0.6 is 11.8 Å². The minimum absolute atomic E-state index is 0.0145. The molecular formula is C10H16N2O2S. The molecule has 2 aliphatic rings. The van der Waals surface area contributed by atoms with Crippen molar-refractivity contribution >= 4 is 23.7 Å². The fourth-order valence-corrected chi connectivity index (χ4v) is 3.03. The minimum atomic E-state index is -0.173. The van der Waals surface area contributed by atoms with E-state index in [1.54, 1.807) is 16.7 Å². The highest BCUT2D eigenvalue weighted by atomic mass is 32.2. The molecule has 0 aliphatic carbocycles. The van der Waals surface area contributed by atoms with Crippen LogP contribution in [0.15, 0.2) is 0 Å². The predicted molar refractivity (Wildman–Crippen MR) is 59.8 cm³/mol. The Morgan fingerprint density at radius 3 is 2.93 bits per heavy atom. The zero-order valence-corrected chi connectivity index (χ0v) is 9.76. The second kappa shape index (κ2) is 4.43. The Morgan fingerprint density at radius 1 is 1.47 bits per heavy atom. The van der Waals surface area contributed by atoms with E-state index in [9.17, 15) is 9.59 Å². The Balaban J connectivity index is 2.07. The molecule has 15 heavy (non-hydrogen) atoms. The third-order valence-corrected chi connectivity index (χ3v) is 3.91. The van der Waals surface area contributed by atoms with Crippen LogP contribution in [0.4, 0.5) is 4.79 Å². The SMILES string of the molecule is CCCCN1C(=O)C2CSCCN2C1=O. The Morgan fingerprint density at radius 2 is 2.27 bits per heavy atom. The smallest absolute Gasteiger partial charge is 0.311 e. The topological polar surface area (TPSA) is 40.6 Å². The number of urea groups is 1. The van der Waals surface area contributed by atoms with E-state index in [1.165, 1.54) is 4.90 Å². The largest absolute Gasteiger partial charge is 0.327 e. The molecule has 0 aromatic carbocycles. The Labute approximate surface area is 94.0 Å². The summed E-state index contributed by atoms with van der Waals surface area (Å²) in [6.45, 7) is 3.38. The van der Waals surface area contributed by atoms with Gasteiger partial charge in [-0.1, -0.05) is 13.3 Å². The number of rotatable bonds is 3. The van der Waals surface area contributed by atoms with Crippen LogP contribution in [0.2, 0.25) is 0 Å². The third-order valence-electron chi connectivity index (χ3n) is 2.89. The monoisotopic (exact) mass is 228 g/mol. The molecule has 0 aromatic rings. The molecule has 4 nitrogen and oxygen atoms in total. The standard InChI is InChI=1S/C10H16N2O2S/c1-2-3-4-12-9(13)8-7-15-6-5-11(8)10(12)14/h8H,2-7H2,1H3. The van der Waals surface area contributed by atoms with Gasteiger partial charge in [0.05, 0.1) is 0 Å². The van der Waals surface area contributed by atoms with Gasteiger partial charge in [0.15, 0.2) is 0 Å². The maximum absolute atomic E-state index is 11.9. The summed E-state index contributed by atoms with van der Waals surface area (Å²) >= 11 is 1.76. The van der Waals surface area contributed by atoms with Crippen LogP contribution in [0.25, 0.3) is 0 Å². The molecule has 84 valence electrons. The fraction of sp³-hybridized carbons (Fsp3) is 0.800. The highest BCUT2D eigenvalue weighted by molar-refractivity contribution is 7.99. The van der Waals surface area contributed by atoms with Crippen molar-refractivity contribution in [2.75, 3.05) is 24.6 Å². The lowest BCUT2D eigenvalue weighted by atomic mass is 10.3. The number of unbranched alkanes of at least 4 members (excludes halogenated alkanes) is 1. The van der Waals surface area contributed by atoms with Crippen LogP contribution < -0.4 is 0 Å². The molecule has 2 saturated heterocycles. The quantitative estimate of drug-likeness (QED) is 0.681.